The highest BCUT2D eigenvalue weighted by Crippen LogP contribution is 2.24. The van der Waals surface area contributed by atoms with E-state index >= 15 is 0 Å². The molecule has 0 aromatic rings. The number of halogens is 1. The molecule has 0 aliphatic carbocycles. The van der Waals surface area contributed by atoms with E-state index in [1.165, 1.54) is 6.42 Å². The van der Waals surface area contributed by atoms with Gasteiger partial charge in [-0.25, -0.2) is 0 Å². The van der Waals surface area contributed by atoms with Gasteiger partial charge in [-0.05, 0) is 12.8 Å². The molecule has 0 rings (SSSR count). The molecule has 1 atom stereocenters. The minimum Gasteiger partial charge on any atom is -0.0792 e. The lowest BCUT2D eigenvalue weighted by atomic mass is 10.1. The SMILES string of the molecule is [CH2]CC(C)(I)CC. The first-order valence-corrected chi connectivity index (χ1v) is 3.68. The van der Waals surface area contributed by atoms with Crippen LogP contribution in [0.2, 0.25) is 0 Å². The van der Waals surface area contributed by atoms with Crippen molar-refractivity contribution >= 4 is 22.6 Å². The zero-order valence-corrected chi connectivity index (χ0v) is 7.16. The van der Waals surface area contributed by atoms with E-state index in [0.29, 0.717) is 3.42 Å². The van der Waals surface area contributed by atoms with Gasteiger partial charge in [0.25, 0.3) is 0 Å². The quantitative estimate of drug-likeness (QED) is 0.486. The number of hydrogen-bond donors (Lipinski definition) is 0. The summed E-state index contributed by atoms with van der Waals surface area (Å²) in [6.45, 7) is 8.24. The highest BCUT2D eigenvalue weighted by Gasteiger charge is 2.12. The summed E-state index contributed by atoms with van der Waals surface area (Å²) in [5, 5.41) is 0. The predicted octanol–water partition coefficient (Wildman–Crippen LogP) is 2.81. The number of hydrogen-bond acceptors (Lipinski definition) is 0. The van der Waals surface area contributed by atoms with Gasteiger partial charge in [0.15, 0.2) is 0 Å². The van der Waals surface area contributed by atoms with Gasteiger partial charge in [0.1, 0.15) is 0 Å². The third kappa shape index (κ3) is 3.32. The van der Waals surface area contributed by atoms with Crippen LogP contribution in [0.25, 0.3) is 0 Å². The Morgan fingerprint density at radius 2 is 2.14 bits per heavy atom. The highest BCUT2D eigenvalue weighted by molar-refractivity contribution is 14.1. The van der Waals surface area contributed by atoms with E-state index in [1.54, 1.807) is 0 Å². The molecule has 43 valence electrons. The van der Waals surface area contributed by atoms with Gasteiger partial charge in [-0.15, -0.1) is 0 Å². The van der Waals surface area contributed by atoms with Crippen LogP contribution in [0.4, 0.5) is 0 Å². The van der Waals surface area contributed by atoms with Gasteiger partial charge in [-0.2, -0.15) is 0 Å². The third-order valence-electron chi connectivity index (χ3n) is 1.26. The Morgan fingerprint density at radius 3 is 2.14 bits per heavy atom. The van der Waals surface area contributed by atoms with E-state index in [-0.39, 0.29) is 0 Å². The molecule has 0 fully saturated rings. The summed E-state index contributed by atoms with van der Waals surface area (Å²) in [6.07, 6.45) is 2.25. The topological polar surface area (TPSA) is 0 Å². The smallest absolute Gasteiger partial charge is 0.0191 e. The first-order valence-electron chi connectivity index (χ1n) is 2.60. The van der Waals surface area contributed by atoms with Crippen molar-refractivity contribution in [2.24, 2.45) is 0 Å². The van der Waals surface area contributed by atoms with E-state index in [2.05, 4.69) is 43.4 Å². The average molecular weight is 211 g/mol. The Kier molecular flexibility index (Phi) is 3.20. The molecule has 0 spiro atoms. The summed E-state index contributed by atoms with van der Waals surface area (Å²) in [5.41, 5.74) is 0. The van der Waals surface area contributed by atoms with Gasteiger partial charge in [0, 0.05) is 3.42 Å². The maximum absolute atomic E-state index is 3.82. The lowest BCUT2D eigenvalue weighted by Crippen LogP contribution is -2.10. The van der Waals surface area contributed by atoms with E-state index in [9.17, 15) is 0 Å². The Labute approximate surface area is 59.8 Å². The predicted molar refractivity (Wildman–Crippen MR) is 42.7 cm³/mol. The first kappa shape index (κ1) is 7.73. The van der Waals surface area contributed by atoms with Crippen LogP contribution in [0.3, 0.4) is 0 Å². The highest BCUT2D eigenvalue weighted by atomic mass is 127. The molecule has 0 aromatic heterocycles. The van der Waals surface area contributed by atoms with Crippen molar-refractivity contribution < 1.29 is 0 Å². The molecule has 0 saturated heterocycles. The van der Waals surface area contributed by atoms with Crippen molar-refractivity contribution in [3.05, 3.63) is 6.92 Å². The van der Waals surface area contributed by atoms with Crippen molar-refractivity contribution in [2.45, 2.75) is 30.1 Å². The maximum Gasteiger partial charge on any atom is 0.0191 e. The molecule has 0 aliphatic heterocycles. The summed E-state index contributed by atoms with van der Waals surface area (Å²) in [5.74, 6) is 0. The molecule has 0 aromatic carbocycles. The van der Waals surface area contributed by atoms with E-state index in [4.69, 9.17) is 0 Å². The Morgan fingerprint density at radius 1 is 1.71 bits per heavy atom. The Balaban J connectivity index is 3.36. The van der Waals surface area contributed by atoms with E-state index in [0.717, 1.165) is 6.42 Å². The monoisotopic (exact) mass is 211 g/mol. The van der Waals surface area contributed by atoms with Crippen molar-refractivity contribution in [3.63, 3.8) is 0 Å². The van der Waals surface area contributed by atoms with Crippen molar-refractivity contribution in [1.82, 2.24) is 0 Å². The molecule has 1 heteroatoms. The van der Waals surface area contributed by atoms with Gasteiger partial charge in [0.2, 0.25) is 0 Å². The van der Waals surface area contributed by atoms with Crippen LogP contribution in [-0.4, -0.2) is 3.42 Å². The minimum absolute atomic E-state index is 0.442. The third-order valence-corrected chi connectivity index (χ3v) is 2.56. The van der Waals surface area contributed by atoms with Crippen LogP contribution in [0.15, 0.2) is 0 Å². The molecule has 0 aliphatic rings. The van der Waals surface area contributed by atoms with E-state index in [1.807, 2.05) is 0 Å². The summed E-state index contributed by atoms with van der Waals surface area (Å²) in [4.78, 5) is 0. The van der Waals surface area contributed by atoms with Gasteiger partial charge >= 0.3 is 0 Å². The van der Waals surface area contributed by atoms with Crippen molar-refractivity contribution in [1.29, 1.82) is 0 Å². The molecular weight excluding hydrogens is 199 g/mol. The second-order valence-corrected chi connectivity index (χ2v) is 4.62. The summed E-state index contributed by atoms with van der Waals surface area (Å²) >= 11 is 2.44. The van der Waals surface area contributed by atoms with Crippen LogP contribution >= 0.6 is 22.6 Å². The fourth-order valence-electron chi connectivity index (χ4n) is 0.177. The molecular formula is C6H12I. The average Bonchev–Trinajstić information content (AvgIpc) is 1.68. The van der Waals surface area contributed by atoms with Crippen LogP contribution in [-0.2, 0) is 0 Å². The van der Waals surface area contributed by atoms with Crippen LogP contribution in [0.5, 0.6) is 0 Å². The van der Waals surface area contributed by atoms with Gasteiger partial charge in [-0.1, -0.05) is 43.4 Å². The van der Waals surface area contributed by atoms with Gasteiger partial charge in [-0.3, -0.25) is 0 Å². The molecule has 0 heterocycles. The molecule has 7 heavy (non-hydrogen) atoms. The van der Waals surface area contributed by atoms with Gasteiger partial charge < -0.3 is 0 Å². The van der Waals surface area contributed by atoms with Gasteiger partial charge in [0.05, 0.1) is 0 Å². The second-order valence-electron chi connectivity index (χ2n) is 2.02. The standard InChI is InChI=1S/C6H12I/c1-4-6(3,7)5-2/h1,4-5H2,2-3H3. The minimum atomic E-state index is 0.442. The molecule has 0 saturated carbocycles. The molecule has 0 nitrogen and oxygen atoms in total. The van der Waals surface area contributed by atoms with Crippen molar-refractivity contribution in [3.8, 4) is 0 Å². The Bertz CT molecular complexity index is 42.1. The molecule has 1 radical (unpaired) electrons. The fraction of sp³-hybridized carbons (Fsp3) is 0.833. The zero-order valence-electron chi connectivity index (χ0n) is 5.00. The molecule has 0 N–H and O–H groups in total. The normalized spacial score (nSPS) is 12.0. The Hall–Kier alpha value is 0.730. The number of rotatable bonds is 2. The van der Waals surface area contributed by atoms with Crippen LogP contribution in [0, 0.1) is 6.92 Å². The lowest BCUT2D eigenvalue weighted by Gasteiger charge is -2.16. The molecule has 0 amide bonds. The molecule has 0 bridgehead atoms. The maximum atomic E-state index is 3.82. The first-order chi connectivity index (χ1) is 3.12. The largest absolute Gasteiger partial charge is 0.0792 e. The van der Waals surface area contributed by atoms with E-state index < -0.39 is 0 Å². The fourth-order valence-corrected chi connectivity index (χ4v) is 0.177. The van der Waals surface area contributed by atoms with Crippen LogP contribution in [0.1, 0.15) is 26.7 Å². The van der Waals surface area contributed by atoms with Crippen LogP contribution < -0.4 is 0 Å². The summed E-state index contributed by atoms with van der Waals surface area (Å²) < 4.78 is 0.442. The zero-order chi connectivity index (χ0) is 5.91. The number of alkyl halides is 1. The van der Waals surface area contributed by atoms with Crippen molar-refractivity contribution in [2.75, 3.05) is 0 Å². The second kappa shape index (κ2) is 2.90. The summed E-state index contributed by atoms with van der Waals surface area (Å²) in [6, 6.07) is 0. The lowest BCUT2D eigenvalue weighted by molar-refractivity contribution is 0.660. The summed E-state index contributed by atoms with van der Waals surface area (Å²) in [7, 11) is 0. The molecule has 1 unspecified atom stereocenters.